The summed E-state index contributed by atoms with van der Waals surface area (Å²) in [5.41, 5.74) is 3.32. The lowest BCUT2D eigenvalue weighted by Gasteiger charge is -2.30. The molecule has 1 aromatic rings. The number of carbonyl (C=O) groups excluding carboxylic acids is 1. The SMILES string of the molecule is CNCc1ccc(CC(=O)C[C@H]2CC[C@@H](CC(=O)O)OB2O)cc1CNC. The minimum absolute atomic E-state index is 0.0520. The molecule has 0 spiro atoms. The molecule has 27 heavy (non-hydrogen) atoms. The first kappa shape index (κ1) is 21.6. The number of hydrogen-bond acceptors (Lipinski definition) is 6. The van der Waals surface area contributed by atoms with Crippen molar-refractivity contribution in [2.24, 2.45) is 0 Å². The lowest BCUT2D eigenvalue weighted by atomic mass is 9.64. The predicted molar refractivity (Wildman–Crippen MR) is 103 cm³/mol. The van der Waals surface area contributed by atoms with Gasteiger partial charge in [-0.1, -0.05) is 18.2 Å². The van der Waals surface area contributed by atoms with Crippen molar-refractivity contribution in [3.05, 3.63) is 34.9 Å². The number of rotatable bonds is 10. The summed E-state index contributed by atoms with van der Waals surface area (Å²) in [5.74, 6) is -1.17. The van der Waals surface area contributed by atoms with Crippen LogP contribution in [0.25, 0.3) is 0 Å². The summed E-state index contributed by atoms with van der Waals surface area (Å²) in [6.45, 7) is 1.51. The Kier molecular flexibility index (Phi) is 8.43. The Morgan fingerprint density at radius 3 is 2.48 bits per heavy atom. The van der Waals surface area contributed by atoms with Crippen LogP contribution in [-0.4, -0.2) is 49.2 Å². The van der Waals surface area contributed by atoms with Gasteiger partial charge in [-0.05, 0) is 43.6 Å². The molecule has 0 bridgehead atoms. The number of Topliss-reactive ketones (excluding diaryl/α,β-unsaturated/α-hetero) is 1. The molecule has 0 amide bonds. The van der Waals surface area contributed by atoms with E-state index in [1.54, 1.807) is 0 Å². The van der Waals surface area contributed by atoms with Crippen molar-refractivity contribution in [2.45, 2.75) is 57.1 Å². The molecule has 2 rings (SSSR count). The van der Waals surface area contributed by atoms with Gasteiger partial charge in [0.25, 0.3) is 0 Å². The zero-order valence-corrected chi connectivity index (χ0v) is 16.0. The van der Waals surface area contributed by atoms with Crippen LogP contribution in [0.4, 0.5) is 0 Å². The summed E-state index contributed by atoms with van der Waals surface area (Å²) in [6, 6.07) is 6.07. The summed E-state index contributed by atoms with van der Waals surface area (Å²) in [6.07, 6.45) is 1.10. The third kappa shape index (κ3) is 6.73. The third-order valence-electron chi connectivity index (χ3n) is 4.89. The van der Waals surface area contributed by atoms with Crippen LogP contribution in [0.5, 0.6) is 0 Å². The van der Waals surface area contributed by atoms with Crippen molar-refractivity contribution in [2.75, 3.05) is 14.1 Å². The minimum atomic E-state index is -1.08. The molecule has 1 aliphatic rings. The molecule has 4 N–H and O–H groups in total. The number of ketones is 1. The Balaban J connectivity index is 1.92. The van der Waals surface area contributed by atoms with E-state index in [9.17, 15) is 14.6 Å². The van der Waals surface area contributed by atoms with Crippen molar-refractivity contribution in [3.8, 4) is 0 Å². The van der Waals surface area contributed by atoms with Gasteiger partial charge in [-0.25, -0.2) is 0 Å². The van der Waals surface area contributed by atoms with Crippen molar-refractivity contribution in [1.29, 1.82) is 0 Å². The van der Waals surface area contributed by atoms with Gasteiger partial charge in [0.2, 0.25) is 0 Å². The highest BCUT2D eigenvalue weighted by Crippen LogP contribution is 2.31. The highest BCUT2D eigenvalue weighted by Gasteiger charge is 2.36. The fourth-order valence-corrected chi connectivity index (χ4v) is 3.57. The van der Waals surface area contributed by atoms with Gasteiger partial charge >= 0.3 is 13.1 Å². The number of benzene rings is 1. The van der Waals surface area contributed by atoms with Crippen LogP contribution in [0.2, 0.25) is 5.82 Å². The number of carboxylic acid groups (broad SMARTS) is 1. The zero-order chi connectivity index (χ0) is 19.8. The minimum Gasteiger partial charge on any atom is -0.481 e. The molecule has 0 saturated carbocycles. The van der Waals surface area contributed by atoms with E-state index in [-0.39, 0.29) is 24.4 Å². The fourth-order valence-electron chi connectivity index (χ4n) is 3.57. The summed E-state index contributed by atoms with van der Waals surface area (Å²) in [7, 11) is 2.72. The number of carbonyl (C=O) groups is 2. The molecule has 8 heteroatoms. The molecule has 0 aliphatic carbocycles. The summed E-state index contributed by atoms with van der Waals surface area (Å²) < 4.78 is 5.36. The number of hydrogen-bond donors (Lipinski definition) is 4. The van der Waals surface area contributed by atoms with Gasteiger partial charge in [0.05, 0.1) is 12.5 Å². The highest BCUT2D eigenvalue weighted by molar-refractivity contribution is 6.45. The fraction of sp³-hybridized carbons (Fsp3) is 0.579. The molecule has 0 aromatic heterocycles. The first-order valence-electron chi connectivity index (χ1n) is 9.39. The van der Waals surface area contributed by atoms with Gasteiger partial charge in [0.1, 0.15) is 5.78 Å². The molecule has 1 fully saturated rings. The number of carboxylic acids is 1. The van der Waals surface area contributed by atoms with E-state index in [1.165, 1.54) is 5.56 Å². The van der Waals surface area contributed by atoms with Gasteiger partial charge in [-0.15, -0.1) is 0 Å². The Labute approximate surface area is 160 Å². The molecule has 0 radical (unpaired) electrons. The number of aliphatic carboxylic acids is 1. The Hall–Kier alpha value is -1.74. The lowest BCUT2D eigenvalue weighted by Crippen LogP contribution is -2.38. The van der Waals surface area contributed by atoms with Crippen molar-refractivity contribution >= 4 is 18.9 Å². The summed E-state index contributed by atoms with van der Waals surface area (Å²) >= 11 is 0. The van der Waals surface area contributed by atoms with E-state index < -0.39 is 19.2 Å². The van der Waals surface area contributed by atoms with Gasteiger partial charge in [0.15, 0.2) is 0 Å². The molecular weight excluding hydrogens is 347 g/mol. The van der Waals surface area contributed by atoms with Gasteiger partial charge in [-0.2, -0.15) is 0 Å². The van der Waals surface area contributed by atoms with Crippen LogP contribution >= 0.6 is 0 Å². The highest BCUT2D eigenvalue weighted by atomic mass is 16.5. The molecule has 0 unspecified atom stereocenters. The van der Waals surface area contributed by atoms with Crippen LogP contribution in [-0.2, 0) is 33.8 Å². The summed E-state index contributed by atoms with van der Waals surface area (Å²) in [4.78, 5) is 23.2. The second kappa shape index (κ2) is 10.6. The quantitative estimate of drug-likeness (QED) is 0.454. The molecule has 2 atom stereocenters. The average molecular weight is 376 g/mol. The van der Waals surface area contributed by atoms with E-state index in [0.29, 0.717) is 19.3 Å². The maximum absolute atomic E-state index is 12.5. The molecular formula is C19H29BN2O5. The molecule has 7 nitrogen and oxygen atoms in total. The smallest absolute Gasteiger partial charge is 0.458 e. The van der Waals surface area contributed by atoms with Gasteiger partial charge in [-0.3, -0.25) is 9.59 Å². The van der Waals surface area contributed by atoms with E-state index >= 15 is 0 Å². The normalized spacial score (nSPS) is 19.9. The topological polar surface area (TPSA) is 108 Å². The van der Waals surface area contributed by atoms with Crippen molar-refractivity contribution in [3.63, 3.8) is 0 Å². The monoisotopic (exact) mass is 376 g/mol. The zero-order valence-electron chi connectivity index (χ0n) is 16.0. The predicted octanol–water partition coefficient (Wildman–Crippen LogP) is 1.13. The van der Waals surface area contributed by atoms with E-state index in [2.05, 4.69) is 16.7 Å². The van der Waals surface area contributed by atoms with Crippen molar-refractivity contribution < 1.29 is 24.4 Å². The van der Waals surface area contributed by atoms with E-state index in [0.717, 1.165) is 24.2 Å². The molecule has 1 saturated heterocycles. The van der Waals surface area contributed by atoms with Crippen LogP contribution in [0.15, 0.2) is 18.2 Å². The van der Waals surface area contributed by atoms with Crippen LogP contribution in [0, 0.1) is 0 Å². The summed E-state index contributed by atoms with van der Waals surface area (Å²) in [5, 5.41) is 25.2. The third-order valence-corrected chi connectivity index (χ3v) is 4.89. The lowest BCUT2D eigenvalue weighted by molar-refractivity contribution is -0.139. The first-order chi connectivity index (χ1) is 12.9. The Morgan fingerprint density at radius 1 is 1.15 bits per heavy atom. The maximum Gasteiger partial charge on any atom is 0.458 e. The average Bonchev–Trinajstić information content (AvgIpc) is 2.59. The van der Waals surface area contributed by atoms with Gasteiger partial charge in [0, 0.05) is 31.7 Å². The standard InChI is InChI=1S/C19H29BN2O5/c1-21-11-14-4-3-13(7-15(14)12-22-2)8-17(23)9-16-5-6-18(10-19(24)25)27-20(16)26/h3-4,7,16,18,21-22,26H,5-6,8-12H2,1-2H3,(H,24,25)/t16-,18+/m1/s1. The first-order valence-corrected chi connectivity index (χ1v) is 9.39. The molecule has 1 aliphatic heterocycles. The second-order valence-electron chi connectivity index (χ2n) is 7.17. The van der Waals surface area contributed by atoms with Crippen LogP contribution < -0.4 is 10.6 Å². The van der Waals surface area contributed by atoms with E-state index in [1.807, 2.05) is 26.2 Å². The Bertz CT molecular complexity index is 655. The van der Waals surface area contributed by atoms with Gasteiger partial charge < -0.3 is 25.4 Å². The van der Waals surface area contributed by atoms with E-state index in [4.69, 9.17) is 9.76 Å². The van der Waals surface area contributed by atoms with Crippen LogP contribution in [0.1, 0.15) is 42.4 Å². The molecule has 1 aromatic carbocycles. The second-order valence-corrected chi connectivity index (χ2v) is 7.17. The maximum atomic E-state index is 12.5. The van der Waals surface area contributed by atoms with Crippen molar-refractivity contribution in [1.82, 2.24) is 10.6 Å². The molecule has 148 valence electrons. The van der Waals surface area contributed by atoms with Crippen LogP contribution in [0.3, 0.4) is 0 Å². The Morgan fingerprint density at radius 2 is 1.85 bits per heavy atom. The molecule has 1 heterocycles. The number of nitrogens with one attached hydrogen (secondary N) is 2. The largest absolute Gasteiger partial charge is 0.481 e.